The molecule has 0 atom stereocenters. The summed E-state index contributed by atoms with van der Waals surface area (Å²) in [5.41, 5.74) is 0.497. The highest BCUT2D eigenvalue weighted by Crippen LogP contribution is 2.34. The number of thioether (sulfide) groups is 1. The standard InChI is InChI=1S/C21H17ClF3N3O2S2/c22-15-7-6-12(21(23,24)25)9-16(15)26-18(29)11-32-19-14-4-1-5-17(14)28(20(30)27-19)10-13-3-2-8-31-13/h2-3,6-9H,1,4-5,10-11H2,(H,26,29). The van der Waals surface area contributed by atoms with Crippen molar-refractivity contribution in [1.29, 1.82) is 0 Å². The van der Waals surface area contributed by atoms with Crippen LogP contribution in [0.5, 0.6) is 0 Å². The number of halogens is 4. The monoisotopic (exact) mass is 499 g/mol. The number of carbonyl (C=O) groups excluding carboxylic acids is 1. The highest BCUT2D eigenvalue weighted by atomic mass is 35.5. The van der Waals surface area contributed by atoms with Gasteiger partial charge >= 0.3 is 11.9 Å². The molecule has 3 aromatic rings. The van der Waals surface area contributed by atoms with Crippen LogP contribution < -0.4 is 11.0 Å². The molecule has 1 aliphatic rings. The van der Waals surface area contributed by atoms with E-state index in [0.717, 1.165) is 65.4 Å². The number of nitrogens with zero attached hydrogens (tertiary/aromatic N) is 2. The topological polar surface area (TPSA) is 64.0 Å². The van der Waals surface area contributed by atoms with Gasteiger partial charge in [0, 0.05) is 16.1 Å². The largest absolute Gasteiger partial charge is 0.416 e. The summed E-state index contributed by atoms with van der Waals surface area (Å²) in [6, 6.07) is 6.63. The van der Waals surface area contributed by atoms with Gasteiger partial charge in [-0.05, 0) is 48.9 Å². The summed E-state index contributed by atoms with van der Waals surface area (Å²) >= 11 is 8.60. The Labute approximate surface area is 194 Å². The van der Waals surface area contributed by atoms with E-state index >= 15 is 0 Å². The van der Waals surface area contributed by atoms with Crippen LogP contribution in [0.15, 0.2) is 45.5 Å². The number of rotatable bonds is 6. The van der Waals surface area contributed by atoms with Crippen molar-refractivity contribution < 1.29 is 18.0 Å². The van der Waals surface area contributed by atoms with E-state index in [2.05, 4.69) is 10.3 Å². The zero-order valence-corrected chi connectivity index (χ0v) is 18.9. The van der Waals surface area contributed by atoms with Crippen LogP contribution in [0.1, 0.15) is 28.1 Å². The first kappa shape index (κ1) is 22.9. The van der Waals surface area contributed by atoms with Crippen molar-refractivity contribution >= 4 is 46.3 Å². The molecular weight excluding hydrogens is 483 g/mol. The van der Waals surface area contributed by atoms with Gasteiger partial charge in [0.2, 0.25) is 5.91 Å². The summed E-state index contributed by atoms with van der Waals surface area (Å²) < 4.78 is 40.5. The molecule has 0 aliphatic heterocycles. The number of alkyl halides is 3. The SMILES string of the molecule is O=C(CSc1nc(=O)n(Cc2cccs2)c2c1CCC2)Nc1cc(C(F)(F)F)ccc1Cl. The summed E-state index contributed by atoms with van der Waals surface area (Å²) in [6.07, 6.45) is -2.13. The number of nitrogens with one attached hydrogen (secondary N) is 1. The Hall–Kier alpha value is -2.30. The Balaban J connectivity index is 1.49. The molecule has 0 bridgehead atoms. The third-order valence-electron chi connectivity index (χ3n) is 5.00. The molecule has 0 radical (unpaired) electrons. The molecule has 0 unspecified atom stereocenters. The zero-order valence-electron chi connectivity index (χ0n) is 16.5. The van der Waals surface area contributed by atoms with Gasteiger partial charge in [-0.2, -0.15) is 18.2 Å². The number of anilines is 1. The third kappa shape index (κ3) is 5.02. The molecule has 2 heterocycles. The molecule has 1 N–H and O–H groups in total. The highest BCUT2D eigenvalue weighted by molar-refractivity contribution is 8.00. The molecule has 11 heteroatoms. The van der Waals surface area contributed by atoms with E-state index in [0.29, 0.717) is 11.6 Å². The minimum atomic E-state index is -4.55. The average molecular weight is 500 g/mol. The van der Waals surface area contributed by atoms with E-state index in [-0.39, 0.29) is 22.2 Å². The van der Waals surface area contributed by atoms with Gasteiger partial charge in [-0.15, -0.1) is 11.3 Å². The maximum Gasteiger partial charge on any atom is 0.416 e. The molecule has 2 aromatic heterocycles. The van der Waals surface area contributed by atoms with Crippen LogP contribution in [-0.4, -0.2) is 21.2 Å². The second-order valence-electron chi connectivity index (χ2n) is 7.17. The first-order chi connectivity index (χ1) is 15.2. The number of carbonyl (C=O) groups is 1. The van der Waals surface area contributed by atoms with Crippen LogP contribution in [0.4, 0.5) is 18.9 Å². The Bertz CT molecular complexity index is 1210. The predicted octanol–water partition coefficient (Wildman–Crippen LogP) is 5.24. The van der Waals surface area contributed by atoms with Gasteiger partial charge in [0.1, 0.15) is 5.03 Å². The lowest BCUT2D eigenvalue weighted by Gasteiger charge is -2.14. The van der Waals surface area contributed by atoms with E-state index in [1.807, 2.05) is 17.5 Å². The lowest BCUT2D eigenvalue weighted by molar-refractivity contribution is -0.137. The van der Waals surface area contributed by atoms with Crippen LogP contribution >= 0.6 is 34.7 Å². The van der Waals surface area contributed by atoms with Gasteiger partial charge < -0.3 is 5.32 Å². The van der Waals surface area contributed by atoms with Crippen LogP contribution in [0.25, 0.3) is 0 Å². The number of hydrogen-bond acceptors (Lipinski definition) is 5. The van der Waals surface area contributed by atoms with Crippen LogP contribution in [-0.2, 0) is 30.4 Å². The van der Waals surface area contributed by atoms with Gasteiger partial charge in [-0.3, -0.25) is 9.36 Å². The lowest BCUT2D eigenvalue weighted by Crippen LogP contribution is -2.27. The van der Waals surface area contributed by atoms with E-state index in [1.165, 1.54) is 0 Å². The summed E-state index contributed by atoms with van der Waals surface area (Å²) in [4.78, 5) is 30.3. The molecule has 32 heavy (non-hydrogen) atoms. The molecule has 1 aromatic carbocycles. The summed E-state index contributed by atoms with van der Waals surface area (Å²) in [6.45, 7) is 0.464. The molecule has 4 rings (SSSR count). The fourth-order valence-electron chi connectivity index (χ4n) is 3.54. The van der Waals surface area contributed by atoms with E-state index in [1.54, 1.807) is 15.9 Å². The van der Waals surface area contributed by atoms with Crippen LogP contribution in [0.2, 0.25) is 5.02 Å². The first-order valence-corrected chi connectivity index (χ1v) is 11.9. The fourth-order valence-corrected chi connectivity index (χ4v) is 5.28. The summed E-state index contributed by atoms with van der Waals surface area (Å²) in [7, 11) is 0. The maximum atomic E-state index is 12.9. The van der Waals surface area contributed by atoms with Crippen molar-refractivity contribution in [2.24, 2.45) is 0 Å². The lowest BCUT2D eigenvalue weighted by atomic mass is 10.2. The van der Waals surface area contributed by atoms with Crippen molar-refractivity contribution in [1.82, 2.24) is 9.55 Å². The molecular formula is C21H17ClF3N3O2S2. The second-order valence-corrected chi connectivity index (χ2v) is 9.58. The Morgan fingerprint density at radius 2 is 2.09 bits per heavy atom. The maximum absolute atomic E-state index is 12.9. The Morgan fingerprint density at radius 1 is 1.28 bits per heavy atom. The van der Waals surface area contributed by atoms with Crippen LogP contribution in [0.3, 0.4) is 0 Å². The number of hydrogen-bond donors (Lipinski definition) is 1. The fraction of sp³-hybridized carbons (Fsp3) is 0.286. The van der Waals surface area contributed by atoms with Crippen molar-refractivity contribution in [2.75, 3.05) is 11.1 Å². The Morgan fingerprint density at radius 3 is 2.81 bits per heavy atom. The number of benzene rings is 1. The molecule has 1 aliphatic carbocycles. The van der Waals surface area contributed by atoms with Crippen LogP contribution in [0, 0.1) is 0 Å². The second kappa shape index (κ2) is 9.29. The van der Waals surface area contributed by atoms with Gasteiger partial charge in [0.15, 0.2) is 0 Å². The smallest absolute Gasteiger partial charge is 0.324 e. The summed E-state index contributed by atoms with van der Waals surface area (Å²) in [5, 5.41) is 4.87. The van der Waals surface area contributed by atoms with Gasteiger partial charge in [-0.25, -0.2) is 4.79 Å². The van der Waals surface area contributed by atoms with E-state index < -0.39 is 17.6 Å². The van der Waals surface area contributed by atoms with E-state index in [9.17, 15) is 22.8 Å². The van der Waals surface area contributed by atoms with Crippen molar-refractivity contribution in [2.45, 2.75) is 37.0 Å². The van der Waals surface area contributed by atoms with Crippen molar-refractivity contribution in [3.63, 3.8) is 0 Å². The number of thiophene rings is 1. The molecule has 1 amide bonds. The van der Waals surface area contributed by atoms with Crippen molar-refractivity contribution in [3.05, 3.63) is 72.9 Å². The minimum Gasteiger partial charge on any atom is -0.324 e. The number of amides is 1. The summed E-state index contributed by atoms with van der Waals surface area (Å²) in [5.74, 6) is -0.645. The highest BCUT2D eigenvalue weighted by Gasteiger charge is 2.31. The zero-order chi connectivity index (χ0) is 22.9. The normalized spacial score (nSPS) is 13.2. The number of fused-ring (bicyclic) bond motifs is 1. The predicted molar refractivity (Wildman–Crippen MR) is 120 cm³/mol. The van der Waals surface area contributed by atoms with Gasteiger partial charge in [0.05, 0.1) is 28.6 Å². The molecule has 0 saturated carbocycles. The quantitative estimate of drug-likeness (QED) is 0.372. The molecule has 0 saturated heterocycles. The number of aromatic nitrogens is 2. The van der Waals surface area contributed by atoms with Crippen molar-refractivity contribution in [3.8, 4) is 0 Å². The van der Waals surface area contributed by atoms with Gasteiger partial charge in [0.25, 0.3) is 0 Å². The molecule has 5 nitrogen and oxygen atoms in total. The Kier molecular flexibility index (Phi) is 6.64. The molecule has 0 fully saturated rings. The third-order valence-corrected chi connectivity index (χ3v) is 7.21. The minimum absolute atomic E-state index is 0.00606. The molecule has 168 valence electrons. The first-order valence-electron chi connectivity index (χ1n) is 9.67. The average Bonchev–Trinajstić information content (AvgIpc) is 3.41. The molecule has 0 spiro atoms. The van der Waals surface area contributed by atoms with E-state index in [4.69, 9.17) is 11.6 Å². The van der Waals surface area contributed by atoms with Gasteiger partial charge in [-0.1, -0.05) is 29.4 Å².